The summed E-state index contributed by atoms with van der Waals surface area (Å²) < 4.78 is 103. The van der Waals surface area contributed by atoms with E-state index in [0.29, 0.717) is 12.1 Å². The number of anilines is 1. The van der Waals surface area contributed by atoms with E-state index in [0.717, 1.165) is 7.11 Å². The van der Waals surface area contributed by atoms with Gasteiger partial charge < -0.3 is 18.9 Å². The first-order valence-corrected chi connectivity index (χ1v) is 11.8. The summed E-state index contributed by atoms with van der Waals surface area (Å²) in [5.41, 5.74) is -3.21. The van der Waals surface area contributed by atoms with Crippen LogP contribution in [0.15, 0.2) is 30.3 Å². The smallest absolute Gasteiger partial charge is 0.416 e. The number of halogens is 6. The van der Waals surface area contributed by atoms with Crippen molar-refractivity contribution in [3.05, 3.63) is 52.6 Å². The summed E-state index contributed by atoms with van der Waals surface area (Å²) in [6, 6.07) is 3.21. The molecular weight excluding hydrogens is 536 g/mol. The standard InChI is InChI=1S/C26H27F6NO6/c1-6-39-24(35)33-13(2)7-18(17-11-20(36-3)21(37-4)12-19(17)33)22(23(34)38-5)14-8-15(25(27,28)29)10-16(9-14)26(30,31)32/h8-13,18,22H,6-7H2,1-5H3/t13-,18?,22?/m1/s1. The fourth-order valence-electron chi connectivity index (χ4n) is 4.83. The molecule has 0 radical (unpaired) electrons. The zero-order valence-electron chi connectivity index (χ0n) is 21.7. The Labute approximate surface area is 220 Å². The number of carbonyl (C=O) groups excluding carboxylic acids is 2. The monoisotopic (exact) mass is 563 g/mol. The van der Waals surface area contributed by atoms with Crippen molar-refractivity contribution in [1.82, 2.24) is 0 Å². The third kappa shape index (κ3) is 6.01. The number of fused-ring (bicyclic) bond motifs is 1. The summed E-state index contributed by atoms with van der Waals surface area (Å²) in [4.78, 5) is 27.3. The highest BCUT2D eigenvalue weighted by molar-refractivity contribution is 5.92. The zero-order valence-corrected chi connectivity index (χ0v) is 21.7. The number of rotatable bonds is 6. The lowest BCUT2D eigenvalue weighted by molar-refractivity contribution is -0.145. The fraction of sp³-hybridized carbons (Fsp3) is 0.462. The molecule has 0 saturated heterocycles. The third-order valence-electron chi connectivity index (χ3n) is 6.52. The summed E-state index contributed by atoms with van der Waals surface area (Å²) in [6.07, 6.45) is -11.0. The average molecular weight is 563 g/mol. The highest BCUT2D eigenvalue weighted by atomic mass is 19.4. The SMILES string of the molecule is CCOC(=O)N1c2cc(OC)c(OC)cc2C(C(C(=O)OC)c2cc(C(F)(F)F)cc(C(F)(F)F)c2)C[C@H]1C. The second-order valence-corrected chi connectivity index (χ2v) is 8.87. The molecule has 0 bridgehead atoms. The first-order chi connectivity index (χ1) is 18.2. The molecule has 1 amide bonds. The van der Waals surface area contributed by atoms with Gasteiger partial charge in [0.1, 0.15) is 0 Å². The van der Waals surface area contributed by atoms with Gasteiger partial charge in [0.2, 0.25) is 0 Å². The molecule has 3 rings (SSSR count). The molecule has 0 N–H and O–H groups in total. The molecule has 39 heavy (non-hydrogen) atoms. The molecule has 13 heteroatoms. The van der Waals surface area contributed by atoms with E-state index in [1.807, 2.05) is 0 Å². The van der Waals surface area contributed by atoms with Gasteiger partial charge in [-0.15, -0.1) is 0 Å². The Morgan fingerprint density at radius 3 is 1.92 bits per heavy atom. The summed E-state index contributed by atoms with van der Waals surface area (Å²) in [6.45, 7) is 3.26. The maximum absolute atomic E-state index is 13.6. The van der Waals surface area contributed by atoms with E-state index in [1.165, 1.54) is 31.3 Å². The van der Waals surface area contributed by atoms with Crippen molar-refractivity contribution in [2.45, 2.75) is 50.5 Å². The molecule has 0 aromatic heterocycles. The lowest BCUT2D eigenvalue weighted by Crippen LogP contribution is -2.45. The summed E-state index contributed by atoms with van der Waals surface area (Å²) >= 11 is 0. The quantitative estimate of drug-likeness (QED) is 0.294. The molecule has 2 aromatic rings. The Kier molecular flexibility index (Phi) is 8.61. The Morgan fingerprint density at radius 1 is 0.923 bits per heavy atom. The summed E-state index contributed by atoms with van der Waals surface area (Å²) in [7, 11) is 3.66. The molecule has 2 unspecified atom stereocenters. The van der Waals surface area contributed by atoms with Gasteiger partial charge in [0.25, 0.3) is 0 Å². The maximum atomic E-state index is 13.6. The molecule has 214 valence electrons. The minimum absolute atomic E-state index is 0.00827. The third-order valence-corrected chi connectivity index (χ3v) is 6.52. The minimum atomic E-state index is -5.12. The van der Waals surface area contributed by atoms with Crippen molar-refractivity contribution >= 4 is 17.7 Å². The highest BCUT2D eigenvalue weighted by Crippen LogP contribution is 2.51. The van der Waals surface area contributed by atoms with Gasteiger partial charge in [0, 0.05) is 18.0 Å². The molecular formula is C26H27F6NO6. The van der Waals surface area contributed by atoms with Gasteiger partial charge in [-0.3, -0.25) is 9.69 Å². The zero-order chi connectivity index (χ0) is 29.3. The molecule has 0 fully saturated rings. The van der Waals surface area contributed by atoms with E-state index in [9.17, 15) is 35.9 Å². The Bertz CT molecular complexity index is 1200. The van der Waals surface area contributed by atoms with Crippen LogP contribution in [0.5, 0.6) is 11.5 Å². The lowest BCUT2D eigenvalue weighted by Gasteiger charge is -2.41. The molecule has 1 heterocycles. The molecule has 7 nitrogen and oxygen atoms in total. The minimum Gasteiger partial charge on any atom is -0.493 e. The van der Waals surface area contributed by atoms with Gasteiger partial charge in [-0.25, -0.2) is 4.79 Å². The number of alkyl halides is 6. The van der Waals surface area contributed by atoms with Crippen LogP contribution in [0.4, 0.5) is 36.8 Å². The van der Waals surface area contributed by atoms with Crippen molar-refractivity contribution in [3.63, 3.8) is 0 Å². The normalized spacial score (nSPS) is 18.2. The van der Waals surface area contributed by atoms with Gasteiger partial charge in [-0.1, -0.05) is 0 Å². The van der Waals surface area contributed by atoms with Crippen molar-refractivity contribution in [2.24, 2.45) is 0 Å². The van der Waals surface area contributed by atoms with Crippen molar-refractivity contribution in [3.8, 4) is 11.5 Å². The molecule has 3 atom stereocenters. The first-order valence-electron chi connectivity index (χ1n) is 11.8. The Hall–Kier alpha value is -3.64. The molecule has 2 aromatic carbocycles. The van der Waals surface area contributed by atoms with Gasteiger partial charge in [0.15, 0.2) is 11.5 Å². The number of amides is 1. The van der Waals surface area contributed by atoms with Crippen LogP contribution in [0.1, 0.15) is 54.4 Å². The molecule has 0 aliphatic carbocycles. The van der Waals surface area contributed by atoms with Crippen LogP contribution in [0.25, 0.3) is 0 Å². The predicted octanol–water partition coefficient (Wildman–Crippen LogP) is 6.54. The van der Waals surface area contributed by atoms with Crippen LogP contribution < -0.4 is 14.4 Å². The number of ether oxygens (including phenoxy) is 4. The van der Waals surface area contributed by atoms with E-state index in [2.05, 4.69) is 0 Å². The topological polar surface area (TPSA) is 74.3 Å². The maximum Gasteiger partial charge on any atom is 0.416 e. The van der Waals surface area contributed by atoms with E-state index in [4.69, 9.17) is 18.9 Å². The molecule has 0 saturated carbocycles. The van der Waals surface area contributed by atoms with Crippen LogP contribution in [0.2, 0.25) is 0 Å². The van der Waals surface area contributed by atoms with Gasteiger partial charge in [-0.2, -0.15) is 26.3 Å². The largest absolute Gasteiger partial charge is 0.493 e. The second kappa shape index (κ2) is 11.2. The van der Waals surface area contributed by atoms with Gasteiger partial charge in [0.05, 0.1) is 50.7 Å². The van der Waals surface area contributed by atoms with Crippen molar-refractivity contribution in [1.29, 1.82) is 0 Å². The number of benzene rings is 2. The van der Waals surface area contributed by atoms with Crippen LogP contribution in [-0.2, 0) is 26.6 Å². The number of hydrogen-bond donors (Lipinski definition) is 0. The van der Waals surface area contributed by atoms with Gasteiger partial charge in [-0.05, 0) is 55.7 Å². The first kappa shape index (κ1) is 29.9. The number of carbonyl (C=O) groups is 2. The lowest BCUT2D eigenvalue weighted by atomic mass is 9.74. The predicted molar refractivity (Wildman–Crippen MR) is 127 cm³/mol. The van der Waals surface area contributed by atoms with E-state index >= 15 is 0 Å². The molecule has 1 aliphatic rings. The Balaban J connectivity index is 2.34. The molecule has 1 aliphatic heterocycles. The fourth-order valence-corrected chi connectivity index (χ4v) is 4.83. The summed E-state index contributed by atoms with van der Waals surface area (Å²) in [5.74, 6) is -3.29. The van der Waals surface area contributed by atoms with Crippen LogP contribution in [0, 0.1) is 0 Å². The second-order valence-electron chi connectivity index (χ2n) is 8.87. The number of esters is 1. The van der Waals surface area contributed by atoms with Crippen LogP contribution >= 0.6 is 0 Å². The number of nitrogens with zero attached hydrogens (tertiary/aromatic N) is 1. The van der Waals surface area contributed by atoms with Gasteiger partial charge >= 0.3 is 24.4 Å². The van der Waals surface area contributed by atoms with Crippen LogP contribution in [-0.4, -0.2) is 46.0 Å². The highest BCUT2D eigenvalue weighted by Gasteiger charge is 2.44. The van der Waals surface area contributed by atoms with Crippen LogP contribution in [0.3, 0.4) is 0 Å². The Morgan fingerprint density at radius 2 is 1.46 bits per heavy atom. The number of methoxy groups -OCH3 is 3. The van der Waals surface area contributed by atoms with E-state index in [1.54, 1.807) is 13.8 Å². The van der Waals surface area contributed by atoms with Crippen molar-refractivity contribution < 1.29 is 54.9 Å². The average Bonchev–Trinajstić information content (AvgIpc) is 2.86. The van der Waals surface area contributed by atoms with E-state index in [-0.39, 0.29) is 41.8 Å². The summed E-state index contributed by atoms with van der Waals surface area (Å²) in [5, 5.41) is 0. The van der Waals surface area contributed by atoms with E-state index < -0.39 is 59.0 Å². The molecule has 0 spiro atoms. The number of hydrogen-bond acceptors (Lipinski definition) is 6. The van der Waals surface area contributed by atoms with Crippen molar-refractivity contribution in [2.75, 3.05) is 32.8 Å².